The van der Waals surface area contributed by atoms with Crippen molar-refractivity contribution >= 4 is 23.3 Å². The predicted octanol–water partition coefficient (Wildman–Crippen LogP) is 3.32. The van der Waals surface area contributed by atoms with Crippen LogP contribution in [0.15, 0.2) is 71.3 Å². The molecule has 2 rings (SSSR count). The van der Waals surface area contributed by atoms with E-state index in [1.165, 1.54) is 6.08 Å². The summed E-state index contributed by atoms with van der Waals surface area (Å²) in [5.41, 5.74) is 6.70. The van der Waals surface area contributed by atoms with Crippen molar-refractivity contribution in [1.82, 2.24) is 0 Å². The molecule has 0 fully saturated rings. The van der Waals surface area contributed by atoms with Crippen molar-refractivity contribution in [3.05, 3.63) is 77.5 Å². The first-order valence-electron chi connectivity index (χ1n) is 6.37. The fraction of sp³-hybridized carbons (Fsp3) is 0.0588. The van der Waals surface area contributed by atoms with Gasteiger partial charge in [0, 0.05) is 22.1 Å². The molecule has 2 N–H and O–H groups in total. The average Bonchev–Trinajstić information content (AvgIpc) is 2.54. The molecular formula is C17H15NO2S. The smallest absolute Gasteiger partial charge is 0.208 e. The number of benzene rings is 2. The van der Waals surface area contributed by atoms with E-state index in [1.807, 2.05) is 18.4 Å². The Kier molecular flexibility index (Phi) is 4.95. The van der Waals surface area contributed by atoms with Crippen LogP contribution in [-0.4, -0.2) is 17.8 Å². The van der Waals surface area contributed by atoms with E-state index >= 15 is 0 Å². The van der Waals surface area contributed by atoms with Crippen LogP contribution in [0.5, 0.6) is 0 Å². The first kappa shape index (κ1) is 15.1. The van der Waals surface area contributed by atoms with Gasteiger partial charge in [0.25, 0.3) is 0 Å². The van der Waals surface area contributed by atoms with Crippen LogP contribution in [0.25, 0.3) is 0 Å². The van der Waals surface area contributed by atoms with Crippen LogP contribution in [0.3, 0.4) is 0 Å². The van der Waals surface area contributed by atoms with Gasteiger partial charge < -0.3 is 5.73 Å². The fourth-order valence-corrected chi connectivity index (χ4v) is 2.28. The highest BCUT2D eigenvalue weighted by Crippen LogP contribution is 2.17. The number of rotatable bonds is 5. The minimum atomic E-state index is -0.338. The van der Waals surface area contributed by atoms with E-state index < -0.39 is 0 Å². The van der Waals surface area contributed by atoms with Crippen LogP contribution < -0.4 is 5.73 Å². The summed E-state index contributed by atoms with van der Waals surface area (Å²) in [6.45, 7) is 0. The molecule has 0 amide bonds. The average molecular weight is 297 g/mol. The number of carbonyl (C=O) groups is 2. The molecule has 0 atom stereocenters. The van der Waals surface area contributed by atoms with Gasteiger partial charge in [-0.3, -0.25) is 9.59 Å². The molecule has 4 heteroatoms. The van der Waals surface area contributed by atoms with Gasteiger partial charge in [-0.1, -0.05) is 42.5 Å². The second-order valence-corrected chi connectivity index (χ2v) is 5.27. The Labute approximate surface area is 127 Å². The van der Waals surface area contributed by atoms with Crippen molar-refractivity contribution in [2.24, 2.45) is 5.73 Å². The lowest BCUT2D eigenvalue weighted by molar-refractivity contribution is 0.101. The van der Waals surface area contributed by atoms with Crippen LogP contribution >= 0.6 is 11.8 Å². The van der Waals surface area contributed by atoms with Crippen molar-refractivity contribution in [3.63, 3.8) is 0 Å². The second-order valence-electron chi connectivity index (χ2n) is 4.39. The molecule has 2 aromatic rings. The summed E-state index contributed by atoms with van der Waals surface area (Å²) in [6.07, 6.45) is 3.12. The maximum Gasteiger partial charge on any atom is 0.208 e. The SMILES string of the molecule is CSc1cccc(C(=O)C(N)=CC(=O)c2ccccc2)c1. The number of carbonyl (C=O) groups excluding carboxylic acids is 2. The van der Waals surface area contributed by atoms with E-state index in [1.54, 1.807) is 54.2 Å². The minimum absolute atomic E-state index is 0.0536. The molecule has 0 saturated carbocycles. The van der Waals surface area contributed by atoms with Gasteiger partial charge in [0.15, 0.2) is 5.78 Å². The summed E-state index contributed by atoms with van der Waals surface area (Å²) in [5.74, 6) is -0.613. The van der Waals surface area contributed by atoms with Gasteiger partial charge in [0.2, 0.25) is 5.78 Å². The van der Waals surface area contributed by atoms with Gasteiger partial charge in [0.05, 0.1) is 5.70 Å². The van der Waals surface area contributed by atoms with Gasteiger partial charge in [-0.05, 0) is 18.4 Å². The van der Waals surface area contributed by atoms with Crippen LogP contribution in [0.1, 0.15) is 20.7 Å². The lowest BCUT2D eigenvalue weighted by Gasteiger charge is -2.03. The Morgan fingerprint density at radius 3 is 2.33 bits per heavy atom. The molecule has 0 aliphatic rings. The third-order valence-electron chi connectivity index (χ3n) is 2.94. The number of ketones is 2. The van der Waals surface area contributed by atoms with Crippen molar-refractivity contribution < 1.29 is 9.59 Å². The highest BCUT2D eigenvalue weighted by atomic mass is 32.2. The summed E-state index contributed by atoms with van der Waals surface area (Å²) in [5, 5.41) is 0. The molecular weight excluding hydrogens is 282 g/mol. The largest absolute Gasteiger partial charge is 0.395 e. The molecule has 0 saturated heterocycles. The maximum atomic E-state index is 12.2. The molecule has 0 aliphatic heterocycles. The van der Waals surface area contributed by atoms with Gasteiger partial charge in [-0.25, -0.2) is 0 Å². The number of hydrogen-bond acceptors (Lipinski definition) is 4. The number of Topliss-reactive ketones (excluding diaryl/α,β-unsaturated/α-hetero) is 1. The Morgan fingerprint density at radius 1 is 1.00 bits per heavy atom. The monoisotopic (exact) mass is 297 g/mol. The predicted molar refractivity (Wildman–Crippen MR) is 85.6 cm³/mol. The van der Waals surface area contributed by atoms with Crippen molar-refractivity contribution in [2.75, 3.05) is 6.26 Å². The third-order valence-corrected chi connectivity index (χ3v) is 3.66. The van der Waals surface area contributed by atoms with Crippen LogP contribution in [-0.2, 0) is 0 Å². The maximum absolute atomic E-state index is 12.2. The Hall–Kier alpha value is -2.33. The van der Waals surface area contributed by atoms with E-state index in [0.29, 0.717) is 11.1 Å². The van der Waals surface area contributed by atoms with Crippen molar-refractivity contribution in [2.45, 2.75) is 4.90 Å². The molecule has 0 aliphatic carbocycles. The first-order valence-corrected chi connectivity index (χ1v) is 7.59. The quantitative estimate of drug-likeness (QED) is 0.522. The van der Waals surface area contributed by atoms with Crippen LogP contribution in [0.2, 0.25) is 0 Å². The number of nitrogens with two attached hydrogens (primary N) is 1. The zero-order valence-electron chi connectivity index (χ0n) is 11.6. The molecule has 0 aromatic heterocycles. The summed E-state index contributed by atoms with van der Waals surface area (Å²) in [4.78, 5) is 25.2. The molecule has 0 spiro atoms. The van der Waals surface area contributed by atoms with E-state index in [4.69, 9.17) is 5.73 Å². The topological polar surface area (TPSA) is 60.2 Å². The van der Waals surface area contributed by atoms with Crippen LogP contribution in [0, 0.1) is 0 Å². The van der Waals surface area contributed by atoms with Gasteiger partial charge in [0.1, 0.15) is 0 Å². The normalized spacial score (nSPS) is 11.2. The lowest BCUT2D eigenvalue weighted by atomic mass is 10.1. The summed E-state index contributed by atoms with van der Waals surface area (Å²) < 4.78 is 0. The van der Waals surface area contributed by atoms with E-state index in [0.717, 1.165) is 4.90 Å². The van der Waals surface area contributed by atoms with Gasteiger partial charge >= 0.3 is 0 Å². The molecule has 3 nitrogen and oxygen atoms in total. The summed E-state index contributed by atoms with van der Waals surface area (Å²) in [7, 11) is 0. The minimum Gasteiger partial charge on any atom is -0.395 e. The fourth-order valence-electron chi connectivity index (χ4n) is 1.82. The Morgan fingerprint density at radius 2 is 1.67 bits per heavy atom. The highest BCUT2D eigenvalue weighted by molar-refractivity contribution is 7.98. The molecule has 0 radical (unpaired) electrons. The van der Waals surface area contributed by atoms with Crippen molar-refractivity contribution in [1.29, 1.82) is 0 Å². The molecule has 0 heterocycles. The summed E-state index contributed by atoms with van der Waals surface area (Å²) >= 11 is 1.54. The molecule has 0 bridgehead atoms. The molecule has 0 unspecified atom stereocenters. The molecule has 2 aromatic carbocycles. The lowest BCUT2D eigenvalue weighted by Crippen LogP contribution is -2.14. The Balaban J connectivity index is 2.22. The highest BCUT2D eigenvalue weighted by Gasteiger charge is 2.12. The van der Waals surface area contributed by atoms with Crippen LogP contribution in [0.4, 0.5) is 0 Å². The van der Waals surface area contributed by atoms with Gasteiger partial charge in [-0.2, -0.15) is 0 Å². The molecule has 106 valence electrons. The summed E-state index contributed by atoms with van der Waals surface area (Å²) in [6, 6.07) is 15.9. The van der Waals surface area contributed by atoms with E-state index in [-0.39, 0.29) is 17.3 Å². The van der Waals surface area contributed by atoms with Gasteiger partial charge in [-0.15, -0.1) is 11.8 Å². The third kappa shape index (κ3) is 3.83. The molecule has 21 heavy (non-hydrogen) atoms. The number of thioether (sulfide) groups is 1. The Bertz CT molecular complexity index is 693. The van der Waals surface area contributed by atoms with E-state index in [2.05, 4.69) is 0 Å². The zero-order chi connectivity index (χ0) is 15.2. The standard InChI is InChI=1S/C17H15NO2S/c1-21-14-9-5-8-13(10-14)17(20)15(18)11-16(19)12-6-3-2-4-7-12/h2-11H,18H2,1H3. The second kappa shape index (κ2) is 6.90. The zero-order valence-corrected chi connectivity index (χ0v) is 12.4. The number of allylic oxidation sites excluding steroid dienone is 2. The first-order chi connectivity index (χ1) is 10.1. The van der Waals surface area contributed by atoms with Crippen molar-refractivity contribution in [3.8, 4) is 0 Å². The van der Waals surface area contributed by atoms with E-state index in [9.17, 15) is 9.59 Å². The number of hydrogen-bond donors (Lipinski definition) is 1.